The fraction of sp³-hybridized carbons (Fsp3) is 0.938. The minimum absolute atomic E-state index is 0.240. The van der Waals surface area contributed by atoms with Gasteiger partial charge in [0, 0.05) is 25.2 Å². The van der Waals surface area contributed by atoms with Gasteiger partial charge in [-0.15, -0.1) is 0 Å². The summed E-state index contributed by atoms with van der Waals surface area (Å²) in [5, 5.41) is 3.31. The molecule has 0 radical (unpaired) electrons. The number of carbonyl (C=O) groups is 1. The molecule has 0 aromatic rings. The molecule has 1 aliphatic heterocycles. The number of nitrogens with one attached hydrogen (secondary N) is 1. The van der Waals surface area contributed by atoms with Gasteiger partial charge in [0.2, 0.25) is 5.91 Å². The predicted molar refractivity (Wildman–Crippen MR) is 88.3 cm³/mol. The fourth-order valence-corrected chi connectivity index (χ4v) is 3.05. The predicted octanol–water partition coefficient (Wildman–Crippen LogP) is 1.03. The average Bonchev–Trinajstić information content (AvgIpc) is 2.42. The topological polar surface area (TPSA) is 61.6 Å². The van der Waals surface area contributed by atoms with Crippen LogP contribution in [0.2, 0.25) is 0 Å². The number of rotatable bonds is 8. The molecule has 1 saturated heterocycles. The van der Waals surface area contributed by atoms with E-state index in [0.717, 1.165) is 45.4 Å². The van der Waals surface area contributed by atoms with E-state index in [0.29, 0.717) is 12.1 Å². The van der Waals surface area contributed by atoms with Gasteiger partial charge in [-0.3, -0.25) is 9.69 Å². The second-order valence-corrected chi connectivity index (χ2v) is 6.85. The number of nitrogens with zero attached hydrogens (tertiary/aromatic N) is 2. The third kappa shape index (κ3) is 5.24. The summed E-state index contributed by atoms with van der Waals surface area (Å²) in [6.07, 6.45) is 2.81. The third-order valence-corrected chi connectivity index (χ3v) is 4.90. The highest BCUT2D eigenvalue weighted by atomic mass is 16.1. The quantitative estimate of drug-likeness (QED) is 0.703. The first-order valence-corrected chi connectivity index (χ1v) is 8.29. The molecule has 5 nitrogen and oxygen atoms in total. The second kappa shape index (κ2) is 8.11. The van der Waals surface area contributed by atoms with Gasteiger partial charge in [0.1, 0.15) is 0 Å². The van der Waals surface area contributed by atoms with Crippen molar-refractivity contribution in [2.24, 2.45) is 5.73 Å². The summed E-state index contributed by atoms with van der Waals surface area (Å²) in [6.45, 7) is 12.7. The summed E-state index contributed by atoms with van der Waals surface area (Å²) in [7, 11) is 2.20. The van der Waals surface area contributed by atoms with Gasteiger partial charge in [-0.25, -0.2) is 0 Å². The molecule has 0 aromatic carbocycles. The summed E-state index contributed by atoms with van der Waals surface area (Å²) in [4.78, 5) is 16.6. The van der Waals surface area contributed by atoms with Gasteiger partial charge in [0.15, 0.2) is 0 Å². The molecule has 1 amide bonds. The van der Waals surface area contributed by atoms with E-state index >= 15 is 0 Å². The van der Waals surface area contributed by atoms with E-state index < -0.39 is 5.54 Å². The Labute approximate surface area is 130 Å². The highest BCUT2D eigenvalue weighted by molar-refractivity contribution is 5.84. The minimum atomic E-state index is -0.570. The highest BCUT2D eigenvalue weighted by Gasteiger charge is 2.31. The number of primary amides is 1. The molecule has 0 aromatic heterocycles. The van der Waals surface area contributed by atoms with Gasteiger partial charge in [-0.05, 0) is 60.2 Å². The molecule has 1 aliphatic rings. The Kier molecular flexibility index (Phi) is 7.10. The molecule has 0 spiro atoms. The van der Waals surface area contributed by atoms with Gasteiger partial charge in [-0.1, -0.05) is 6.92 Å². The number of piperazine rings is 1. The zero-order chi connectivity index (χ0) is 16.0. The molecule has 1 rings (SSSR count). The Bertz CT molecular complexity index is 324. The van der Waals surface area contributed by atoms with Crippen LogP contribution in [0.1, 0.15) is 47.0 Å². The van der Waals surface area contributed by atoms with Crippen molar-refractivity contribution in [3.8, 4) is 0 Å². The SMILES string of the molecule is CCCNC(C)(CCCN1CC(C)N(C)C(C)C1)C(N)=O. The molecular formula is C16H34N4O. The Morgan fingerprint density at radius 3 is 2.38 bits per heavy atom. The smallest absolute Gasteiger partial charge is 0.237 e. The first-order chi connectivity index (χ1) is 9.80. The molecule has 1 heterocycles. The van der Waals surface area contributed by atoms with Gasteiger partial charge in [-0.2, -0.15) is 0 Å². The normalized spacial score (nSPS) is 27.5. The van der Waals surface area contributed by atoms with Crippen molar-refractivity contribution in [3.05, 3.63) is 0 Å². The number of carbonyl (C=O) groups excluding carboxylic acids is 1. The lowest BCUT2D eigenvalue weighted by atomic mass is 9.94. The van der Waals surface area contributed by atoms with Crippen LogP contribution in [-0.2, 0) is 4.79 Å². The largest absolute Gasteiger partial charge is 0.368 e. The number of nitrogens with two attached hydrogens (primary N) is 1. The molecule has 1 fully saturated rings. The Balaban J connectivity index is 2.42. The van der Waals surface area contributed by atoms with Crippen LogP contribution < -0.4 is 11.1 Å². The lowest BCUT2D eigenvalue weighted by molar-refractivity contribution is -0.124. The van der Waals surface area contributed by atoms with Gasteiger partial charge in [0.05, 0.1) is 5.54 Å². The molecule has 124 valence electrons. The Morgan fingerprint density at radius 1 is 1.33 bits per heavy atom. The van der Waals surface area contributed by atoms with E-state index in [1.807, 2.05) is 6.92 Å². The standard InChI is InChI=1S/C16H34N4O/c1-6-9-18-16(4,15(17)21)8-7-10-20-11-13(2)19(5)14(3)12-20/h13-14,18H,6-12H2,1-5H3,(H2,17,21). The molecule has 3 N–H and O–H groups in total. The first-order valence-electron chi connectivity index (χ1n) is 8.29. The lowest BCUT2D eigenvalue weighted by Crippen LogP contribution is -2.56. The van der Waals surface area contributed by atoms with E-state index in [4.69, 9.17) is 5.73 Å². The van der Waals surface area contributed by atoms with Gasteiger partial charge in [0.25, 0.3) is 0 Å². The molecule has 0 aliphatic carbocycles. The number of amides is 1. The van der Waals surface area contributed by atoms with Crippen LogP contribution in [0.3, 0.4) is 0 Å². The van der Waals surface area contributed by atoms with E-state index in [2.05, 4.69) is 42.9 Å². The number of hydrogen-bond donors (Lipinski definition) is 2. The van der Waals surface area contributed by atoms with Crippen LogP contribution in [0.25, 0.3) is 0 Å². The number of likely N-dealkylation sites (N-methyl/N-ethyl adjacent to an activating group) is 1. The summed E-state index contributed by atoms with van der Waals surface area (Å²) < 4.78 is 0. The molecule has 0 bridgehead atoms. The molecular weight excluding hydrogens is 264 g/mol. The van der Waals surface area contributed by atoms with Gasteiger partial charge < -0.3 is 16.0 Å². The molecule has 21 heavy (non-hydrogen) atoms. The van der Waals surface area contributed by atoms with E-state index in [1.54, 1.807) is 0 Å². The highest BCUT2D eigenvalue weighted by Crippen LogP contribution is 2.16. The van der Waals surface area contributed by atoms with Gasteiger partial charge >= 0.3 is 0 Å². The van der Waals surface area contributed by atoms with E-state index in [9.17, 15) is 4.79 Å². The monoisotopic (exact) mass is 298 g/mol. The number of hydrogen-bond acceptors (Lipinski definition) is 4. The van der Waals surface area contributed by atoms with Crippen molar-refractivity contribution in [1.82, 2.24) is 15.1 Å². The lowest BCUT2D eigenvalue weighted by Gasteiger charge is -2.42. The van der Waals surface area contributed by atoms with Crippen molar-refractivity contribution in [1.29, 1.82) is 0 Å². The van der Waals surface area contributed by atoms with Crippen LogP contribution in [0, 0.1) is 0 Å². The molecule has 0 saturated carbocycles. The summed E-state index contributed by atoms with van der Waals surface area (Å²) in [5.41, 5.74) is 5.00. The van der Waals surface area contributed by atoms with Crippen LogP contribution in [0.15, 0.2) is 0 Å². The van der Waals surface area contributed by atoms with E-state index in [-0.39, 0.29) is 5.91 Å². The minimum Gasteiger partial charge on any atom is -0.368 e. The summed E-state index contributed by atoms with van der Waals surface area (Å²) in [5.74, 6) is -0.240. The zero-order valence-corrected chi connectivity index (χ0v) is 14.5. The molecule has 5 heteroatoms. The fourth-order valence-electron chi connectivity index (χ4n) is 3.05. The average molecular weight is 298 g/mol. The summed E-state index contributed by atoms with van der Waals surface area (Å²) in [6, 6.07) is 1.18. The van der Waals surface area contributed by atoms with Crippen LogP contribution >= 0.6 is 0 Å². The second-order valence-electron chi connectivity index (χ2n) is 6.85. The van der Waals surface area contributed by atoms with Crippen molar-refractivity contribution in [2.75, 3.05) is 33.2 Å². The summed E-state index contributed by atoms with van der Waals surface area (Å²) >= 11 is 0. The molecule has 3 atom stereocenters. The maximum atomic E-state index is 11.7. The Morgan fingerprint density at radius 2 is 1.90 bits per heavy atom. The van der Waals surface area contributed by atoms with Crippen molar-refractivity contribution >= 4 is 5.91 Å². The Hall–Kier alpha value is -0.650. The maximum absolute atomic E-state index is 11.7. The van der Waals surface area contributed by atoms with Crippen molar-refractivity contribution in [2.45, 2.75) is 64.6 Å². The van der Waals surface area contributed by atoms with Crippen molar-refractivity contribution < 1.29 is 4.79 Å². The third-order valence-electron chi connectivity index (χ3n) is 4.90. The molecule has 3 unspecified atom stereocenters. The van der Waals surface area contributed by atoms with Crippen LogP contribution in [0.4, 0.5) is 0 Å². The van der Waals surface area contributed by atoms with E-state index in [1.165, 1.54) is 0 Å². The maximum Gasteiger partial charge on any atom is 0.237 e. The van der Waals surface area contributed by atoms with Crippen molar-refractivity contribution in [3.63, 3.8) is 0 Å². The van der Waals surface area contributed by atoms with Crippen LogP contribution in [-0.4, -0.2) is 66.6 Å². The first kappa shape index (κ1) is 18.4. The van der Waals surface area contributed by atoms with Crippen LogP contribution in [0.5, 0.6) is 0 Å². The zero-order valence-electron chi connectivity index (χ0n) is 14.5.